The third-order valence-electron chi connectivity index (χ3n) is 3.32. The second kappa shape index (κ2) is 5.30. The van der Waals surface area contributed by atoms with E-state index in [1.54, 1.807) is 13.2 Å². The van der Waals surface area contributed by atoms with Crippen LogP contribution < -0.4 is 5.32 Å². The molecular formula is C12H18N4O2. The summed E-state index contributed by atoms with van der Waals surface area (Å²) in [6.07, 6.45) is 4.69. The minimum Gasteiger partial charge on any atom is -0.334 e. The van der Waals surface area contributed by atoms with Gasteiger partial charge in [-0.15, -0.1) is 0 Å². The Labute approximate surface area is 106 Å². The summed E-state index contributed by atoms with van der Waals surface area (Å²) in [6, 6.07) is -0.239. The fourth-order valence-corrected chi connectivity index (χ4v) is 2.10. The summed E-state index contributed by atoms with van der Waals surface area (Å²) in [5, 5.41) is 3.20. The lowest BCUT2D eigenvalue weighted by atomic mass is 10.0. The summed E-state index contributed by atoms with van der Waals surface area (Å²) >= 11 is 0. The molecule has 0 radical (unpaired) electrons. The van der Waals surface area contributed by atoms with Crippen LogP contribution in [0.5, 0.6) is 0 Å². The minimum atomic E-state index is -0.239. The number of nitrogens with one attached hydrogen (secondary N) is 1. The molecule has 2 amide bonds. The molecule has 6 heteroatoms. The second-order valence-electron chi connectivity index (χ2n) is 4.50. The number of likely N-dealkylation sites (N-methyl/N-ethyl adjacent to an activating group) is 1. The molecule has 1 aromatic heterocycles. The van der Waals surface area contributed by atoms with E-state index in [9.17, 15) is 9.59 Å². The largest absolute Gasteiger partial charge is 0.334 e. The number of hydrogen-bond acceptors (Lipinski definition) is 4. The highest BCUT2D eigenvalue weighted by atomic mass is 16.2. The first-order chi connectivity index (χ1) is 8.59. The lowest BCUT2D eigenvalue weighted by Gasteiger charge is -2.28. The molecule has 0 spiro atoms. The number of piperidine rings is 1. The van der Waals surface area contributed by atoms with Crippen molar-refractivity contribution in [2.24, 2.45) is 0 Å². The number of amides is 2. The predicted molar refractivity (Wildman–Crippen MR) is 65.8 cm³/mol. The number of rotatable bonds is 4. The predicted octanol–water partition coefficient (Wildman–Crippen LogP) is -0.0715. The van der Waals surface area contributed by atoms with Crippen molar-refractivity contribution < 1.29 is 9.59 Å². The molecule has 1 fully saturated rings. The number of likely N-dealkylation sites (tertiary alicyclic amines) is 1. The Kier molecular flexibility index (Phi) is 3.76. The molecule has 1 aliphatic heterocycles. The fraction of sp³-hybridized carbons (Fsp3) is 0.583. The van der Waals surface area contributed by atoms with Gasteiger partial charge in [-0.1, -0.05) is 0 Å². The third kappa shape index (κ3) is 2.59. The summed E-state index contributed by atoms with van der Waals surface area (Å²) < 4.78 is 2.02. The summed E-state index contributed by atoms with van der Waals surface area (Å²) in [5.74, 6) is 0.733. The first kappa shape index (κ1) is 12.8. The van der Waals surface area contributed by atoms with Crippen LogP contribution in [-0.2, 0) is 16.1 Å². The van der Waals surface area contributed by atoms with Crippen LogP contribution in [-0.4, -0.2) is 45.9 Å². The Hall–Kier alpha value is -1.69. The lowest BCUT2D eigenvalue weighted by Crippen LogP contribution is -2.51. The SMILES string of the molecule is Cc1nccn1CCNC1CCC(=O)N(C)C1=O. The monoisotopic (exact) mass is 250 g/mol. The molecule has 1 N–H and O–H groups in total. The molecule has 2 heterocycles. The minimum absolute atomic E-state index is 0.0940. The van der Waals surface area contributed by atoms with E-state index in [2.05, 4.69) is 10.3 Å². The van der Waals surface area contributed by atoms with E-state index >= 15 is 0 Å². The van der Waals surface area contributed by atoms with E-state index in [0.29, 0.717) is 19.4 Å². The van der Waals surface area contributed by atoms with Gasteiger partial charge in [-0.05, 0) is 13.3 Å². The van der Waals surface area contributed by atoms with Crippen molar-refractivity contribution in [1.82, 2.24) is 19.8 Å². The van der Waals surface area contributed by atoms with E-state index < -0.39 is 0 Å². The zero-order valence-electron chi connectivity index (χ0n) is 10.7. The van der Waals surface area contributed by atoms with Gasteiger partial charge in [-0.3, -0.25) is 14.5 Å². The molecule has 0 bridgehead atoms. The standard InChI is InChI=1S/C12H18N4O2/c1-9-13-5-7-16(9)8-6-14-10-3-4-11(17)15(2)12(10)18/h5,7,10,14H,3-4,6,8H2,1-2H3. The number of nitrogens with zero attached hydrogens (tertiary/aromatic N) is 3. The Balaban J connectivity index is 1.82. The van der Waals surface area contributed by atoms with E-state index in [1.807, 2.05) is 17.7 Å². The first-order valence-electron chi connectivity index (χ1n) is 6.11. The first-order valence-corrected chi connectivity index (χ1v) is 6.11. The van der Waals surface area contributed by atoms with Crippen molar-refractivity contribution in [3.63, 3.8) is 0 Å². The third-order valence-corrected chi connectivity index (χ3v) is 3.32. The Bertz CT molecular complexity index is 455. The highest BCUT2D eigenvalue weighted by molar-refractivity contribution is 6.00. The topological polar surface area (TPSA) is 67.2 Å². The van der Waals surface area contributed by atoms with Crippen molar-refractivity contribution in [1.29, 1.82) is 0 Å². The van der Waals surface area contributed by atoms with Crippen LogP contribution in [0, 0.1) is 6.92 Å². The van der Waals surface area contributed by atoms with Gasteiger partial charge < -0.3 is 9.88 Å². The molecule has 1 aromatic rings. The smallest absolute Gasteiger partial charge is 0.246 e. The zero-order chi connectivity index (χ0) is 13.1. The molecule has 1 atom stereocenters. The molecule has 1 saturated heterocycles. The maximum absolute atomic E-state index is 11.8. The van der Waals surface area contributed by atoms with Gasteiger partial charge in [0.05, 0.1) is 6.04 Å². The van der Waals surface area contributed by atoms with Crippen LogP contribution in [0.2, 0.25) is 0 Å². The number of imidazole rings is 1. The van der Waals surface area contributed by atoms with Gasteiger partial charge in [0, 0.05) is 39.0 Å². The van der Waals surface area contributed by atoms with Crippen molar-refractivity contribution in [2.45, 2.75) is 32.4 Å². The number of carbonyl (C=O) groups excluding carboxylic acids is 2. The van der Waals surface area contributed by atoms with E-state index in [-0.39, 0.29) is 17.9 Å². The van der Waals surface area contributed by atoms with Crippen LogP contribution in [0.15, 0.2) is 12.4 Å². The van der Waals surface area contributed by atoms with Gasteiger partial charge in [-0.2, -0.15) is 0 Å². The molecular weight excluding hydrogens is 232 g/mol. The van der Waals surface area contributed by atoms with Crippen LogP contribution in [0.4, 0.5) is 0 Å². The van der Waals surface area contributed by atoms with Crippen LogP contribution in [0.3, 0.4) is 0 Å². The summed E-state index contributed by atoms with van der Waals surface area (Å²) in [4.78, 5) is 28.5. The van der Waals surface area contributed by atoms with Gasteiger partial charge in [0.2, 0.25) is 11.8 Å². The van der Waals surface area contributed by atoms with Gasteiger partial charge in [0.25, 0.3) is 0 Å². The zero-order valence-corrected chi connectivity index (χ0v) is 10.7. The quantitative estimate of drug-likeness (QED) is 0.760. The van der Waals surface area contributed by atoms with Crippen LogP contribution in [0.25, 0.3) is 0 Å². The number of aromatic nitrogens is 2. The van der Waals surface area contributed by atoms with Crippen molar-refractivity contribution in [2.75, 3.05) is 13.6 Å². The highest BCUT2D eigenvalue weighted by Gasteiger charge is 2.30. The van der Waals surface area contributed by atoms with Crippen molar-refractivity contribution >= 4 is 11.8 Å². The summed E-state index contributed by atoms with van der Waals surface area (Å²) in [5.41, 5.74) is 0. The molecule has 0 saturated carbocycles. The molecule has 1 unspecified atom stereocenters. The lowest BCUT2D eigenvalue weighted by molar-refractivity contribution is -0.148. The summed E-state index contributed by atoms with van der Waals surface area (Å²) in [7, 11) is 1.54. The second-order valence-corrected chi connectivity index (χ2v) is 4.50. The van der Waals surface area contributed by atoms with E-state index in [0.717, 1.165) is 12.4 Å². The Morgan fingerprint density at radius 1 is 1.50 bits per heavy atom. The summed E-state index contributed by atoms with van der Waals surface area (Å²) in [6.45, 7) is 3.40. The van der Waals surface area contributed by atoms with Gasteiger partial charge in [0.1, 0.15) is 5.82 Å². The van der Waals surface area contributed by atoms with Crippen LogP contribution in [0.1, 0.15) is 18.7 Å². The average Bonchev–Trinajstić information content (AvgIpc) is 2.75. The molecule has 0 aromatic carbocycles. The van der Waals surface area contributed by atoms with Crippen LogP contribution >= 0.6 is 0 Å². The van der Waals surface area contributed by atoms with E-state index in [1.165, 1.54) is 4.90 Å². The fourth-order valence-electron chi connectivity index (χ4n) is 2.10. The average molecular weight is 250 g/mol. The maximum atomic E-state index is 11.8. The molecule has 1 aliphatic rings. The number of hydrogen-bond donors (Lipinski definition) is 1. The molecule has 6 nitrogen and oxygen atoms in total. The van der Waals surface area contributed by atoms with E-state index in [4.69, 9.17) is 0 Å². The normalized spacial score (nSPS) is 20.6. The molecule has 18 heavy (non-hydrogen) atoms. The van der Waals surface area contributed by atoms with Gasteiger partial charge in [-0.25, -0.2) is 4.98 Å². The maximum Gasteiger partial charge on any atom is 0.246 e. The Morgan fingerprint density at radius 3 is 2.94 bits per heavy atom. The van der Waals surface area contributed by atoms with Crippen molar-refractivity contribution in [3.8, 4) is 0 Å². The molecule has 2 rings (SSSR count). The highest BCUT2D eigenvalue weighted by Crippen LogP contribution is 2.11. The van der Waals surface area contributed by atoms with Gasteiger partial charge >= 0.3 is 0 Å². The number of carbonyl (C=O) groups is 2. The van der Waals surface area contributed by atoms with Crippen molar-refractivity contribution in [3.05, 3.63) is 18.2 Å². The molecule has 0 aliphatic carbocycles. The Morgan fingerprint density at radius 2 is 2.28 bits per heavy atom. The molecule has 98 valence electrons. The number of aryl methyl sites for hydroxylation is 1. The van der Waals surface area contributed by atoms with Gasteiger partial charge in [0.15, 0.2) is 0 Å². The number of imide groups is 1.